The molecule has 0 unspecified atom stereocenters. The smallest absolute Gasteiger partial charge is 0.163 e. The van der Waals surface area contributed by atoms with Gasteiger partial charge >= 0.3 is 0 Å². The summed E-state index contributed by atoms with van der Waals surface area (Å²) in [4.78, 5) is 12.1. The number of carbonyl (C=O) groups excluding carboxylic acids is 1. The Morgan fingerprint density at radius 3 is 2.71 bits per heavy atom. The molecule has 0 spiro atoms. The van der Waals surface area contributed by atoms with E-state index < -0.39 is 0 Å². The van der Waals surface area contributed by atoms with Gasteiger partial charge in [-0.15, -0.1) is 0 Å². The summed E-state index contributed by atoms with van der Waals surface area (Å²) in [7, 11) is 0. The fraction of sp³-hybridized carbons (Fsp3) is 0.533. The molecule has 17 heavy (non-hydrogen) atoms. The van der Waals surface area contributed by atoms with Crippen molar-refractivity contribution in [2.75, 3.05) is 0 Å². The lowest BCUT2D eigenvalue weighted by atomic mass is 9.84. The molecule has 1 aliphatic rings. The van der Waals surface area contributed by atoms with Crippen molar-refractivity contribution in [1.82, 2.24) is 0 Å². The Labute approximate surface area is 102 Å². The molecule has 2 rings (SSSR count). The van der Waals surface area contributed by atoms with E-state index in [2.05, 4.69) is 0 Å². The van der Waals surface area contributed by atoms with Crippen LogP contribution in [0.4, 0.5) is 4.39 Å². The molecule has 1 aliphatic carbocycles. The van der Waals surface area contributed by atoms with Crippen molar-refractivity contribution in [3.8, 4) is 0 Å². The number of Topliss-reactive ketones (excluding diaryl/α,β-unsaturated/α-hetero) is 1. The average Bonchev–Trinajstić information content (AvgIpc) is 2.33. The lowest BCUT2D eigenvalue weighted by Crippen LogP contribution is -2.13. The van der Waals surface area contributed by atoms with Gasteiger partial charge in [-0.05, 0) is 30.5 Å². The summed E-state index contributed by atoms with van der Waals surface area (Å²) in [5.41, 5.74) is 1.45. The molecule has 92 valence electrons. The molecule has 0 aliphatic heterocycles. The quantitative estimate of drug-likeness (QED) is 0.713. The summed E-state index contributed by atoms with van der Waals surface area (Å²) in [6.07, 6.45) is 6.66. The Kier molecular flexibility index (Phi) is 3.93. The summed E-state index contributed by atoms with van der Waals surface area (Å²) in [6, 6.07) is 4.47. The van der Waals surface area contributed by atoms with Crippen LogP contribution in [0, 0.1) is 18.7 Å². The summed E-state index contributed by atoms with van der Waals surface area (Å²) in [5.74, 6) is 0.301. The van der Waals surface area contributed by atoms with Crippen LogP contribution >= 0.6 is 0 Å². The third kappa shape index (κ3) is 3.15. The molecule has 0 atom stereocenters. The molecule has 0 aromatic heterocycles. The molecule has 0 bridgehead atoms. The molecule has 0 saturated heterocycles. The number of rotatable bonds is 3. The minimum atomic E-state index is -0.317. The van der Waals surface area contributed by atoms with Gasteiger partial charge in [0.2, 0.25) is 0 Å². The lowest BCUT2D eigenvalue weighted by molar-refractivity contribution is 0.0949. The molecular weight excluding hydrogens is 215 g/mol. The number of aryl methyl sites for hydroxylation is 1. The number of benzene rings is 1. The van der Waals surface area contributed by atoms with Crippen LogP contribution in [-0.4, -0.2) is 5.78 Å². The number of hydrogen-bond acceptors (Lipinski definition) is 1. The minimum absolute atomic E-state index is 0.105. The zero-order valence-electron chi connectivity index (χ0n) is 10.3. The second-order valence-corrected chi connectivity index (χ2v) is 5.09. The zero-order chi connectivity index (χ0) is 12.3. The van der Waals surface area contributed by atoms with Gasteiger partial charge in [0, 0.05) is 12.0 Å². The molecule has 2 heteroatoms. The van der Waals surface area contributed by atoms with Crippen LogP contribution in [0.25, 0.3) is 0 Å². The highest BCUT2D eigenvalue weighted by Crippen LogP contribution is 2.28. The second-order valence-electron chi connectivity index (χ2n) is 5.09. The van der Waals surface area contributed by atoms with Gasteiger partial charge in [0.1, 0.15) is 5.82 Å². The van der Waals surface area contributed by atoms with E-state index in [0.29, 0.717) is 17.9 Å². The molecule has 1 fully saturated rings. The SMILES string of the molecule is Cc1ccc(F)cc1C(=O)CC1CCCCC1. The van der Waals surface area contributed by atoms with Gasteiger partial charge in [-0.25, -0.2) is 4.39 Å². The molecule has 1 aromatic carbocycles. The Balaban J connectivity index is 2.05. The van der Waals surface area contributed by atoms with Crippen molar-refractivity contribution in [1.29, 1.82) is 0 Å². The van der Waals surface area contributed by atoms with Gasteiger partial charge in [0.25, 0.3) is 0 Å². The van der Waals surface area contributed by atoms with Crippen molar-refractivity contribution in [3.63, 3.8) is 0 Å². The predicted octanol–water partition coefficient (Wildman–Crippen LogP) is 4.29. The van der Waals surface area contributed by atoms with Crippen LogP contribution in [0.1, 0.15) is 54.4 Å². The fourth-order valence-corrected chi connectivity index (χ4v) is 2.66. The van der Waals surface area contributed by atoms with E-state index in [-0.39, 0.29) is 11.6 Å². The highest BCUT2D eigenvalue weighted by Gasteiger charge is 2.19. The topological polar surface area (TPSA) is 17.1 Å². The highest BCUT2D eigenvalue weighted by molar-refractivity contribution is 5.97. The number of hydrogen-bond donors (Lipinski definition) is 0. The van der Waals surface area contributed by atoms with E-state index in [0.717, 1.165) is 18.4 Å². The van der Waals surface area contributed by atoms with Crippen LogP contribution < -0.4 is 0 Å². The predicted molar refractivity (Wildman–Crippen MR) is 66.7 cm³/mol. The molecule has 1 nitrogen and oxygen atoms in total. The van der Waals surface area contributed by atoms with Crippen molar-refractivity contribution in [2.24, 2.45) is 5.92 Å². The number of halogens is 1. The van der Waals surface area contributed by atoms with Crippen LogP contribution in [0.15, 0.2) is 18.2 Å². The highest BCUT2D eigenvalue weighted by atomic mass is 19.1. The third-order valence-corrected chi connectivity index (χ3v) is 3.70. The van der Waals surface area contributed by atoms with Gasteiger partial charge in [0.15, 0.2) is 5.78 Å². The first-order chi connectivity index (χ1) is 8.16. The molecule has 1 aromatic rings. The Hall–Kier alpha value is -1.18. The third-order valence-electron chi connectivity index (χ3n) is 3.70. The lowest BCUT2D eigenvalue weighted by Gasteiger charge is -2.21. The van der Waals surface area contributed by atoms with E-state index in [4.69, 9.17) is 0 Å². The maximum atomic E-state index is 13.1. The van der Waals surface area contributed by atoms with Crippen molar-refractivity contribution in [2.45, 2.75) is 45.4 Å². The van der Waals surface area contributed by atoms with Crippen molar-refractivity contribution < 1.29 is 9.18 Å². The minimum Gasteiger partial charge on any atom is -0.294 e. The maximum Gasteiger partial charge on any atom is 0.163 e. The molecular formula is C15H19FO. The molecule has 0 heterocycles. The van der Waals surface area contributed by atoms with Gasteiger partial charge in [-0.1, -0.05) is 38.2 Å². The second kappa shape index (κ2) is 5.44. The Morgan fingerprint density at radius 2 is 2.00 bits per heavy atom. The van der Waals surface area contributed by atoms with Crippen molar-refractivity contribution in [3.05, 3.63) is 35.1 Å². The molecule has 0 N–H and O–H groups in total. The maximum absolute atomic E-state index is 13.1. The van der Waals surface area contributed by atoms with Gasteiger partial charge in [0.05, 0.1) is 0 Å². The number of carbonyl (C=O) groups is 1. The van der Waals surface area contributed by atoms with Crippen molar-refractivity contribution >= 4 is 5.78 Å². The first kappa shape index (κ1) is 12.3. The van der Waals surface area contributed by atoms with E-state index in [1.54, 1.807) is 6.07 Å². The summed E-state index contributed by atoms with van der Waals surface area (Å²) >= 11 is 0. The van der Waals surface area contributed by atoms with Gasteiger partial charge in [-0.3, -0.25) is 4.79 Å². The molecule has 0 radical (unpaired) electrons. The van der Waals surface area contributed by atoms with E-state index >= 15 is 0 Å². The monoisotopic (exact) mass is 234 g/mol. The summed E-state index contributed by atoms with van der Waals surface area (Å²) in [6.45, 7) is 1.87. The van der Waals surface area contributed by atoms with Crippen LogP contribution in [0.5, 0.6) is 0 Å². The first-order valence-corrected chi connectivity index (χ1v) is 6.46. The molecule has 1 saturated carbocycles. The summed E-state index contributed by atoms with van der Waals surface area (Å²) < 4.78 is 13.1. The summed E-state index contributed by atoms with van der Waals surface area (Å²) in [5, 5.41) is 0. The largest absolute Gasteiger partial charge is 0.294 e. The van der Waals surface area contributed by atoms with Crippen LogP contribution in [0.2, 0.25) is 0 Å². The number of ketones is 1. The Morgan fingerprint density at radius 1 is 1.29 bits per heavy atom. The molecule has 0 amide bonds. The first-order valence-electron chi connectivity index (χ1n) is 6.46. The van der Waals surface area contributed by atoms with Gasteiger partial charge < -0.3 is 0 Å². The van der Waals surface area contributed by atoms with Crippen LogP contribution in [-0.2, 0) is 0 Å². The van der Waals surface area contributed by atoms with E-state index in [1.807, 2.05) is 6.92 Å². The van der Waals surface area contributed by atoms with E-state index in [9.17, 15) is 9.18 Å². The Bertz CT molecular complexity index is 405. The van der Waals surface area contributed by atoms with Gasteiger partial charge in [-0.2, -0.15) is 0 Å². The standard InChI is InChI=1S/C15H19FO/c1-11-7-8-13(16)10-14(11)15(17)9-12-5-3-2-4-6-12/h7-8,10,12H,2-6,9H2,1H3. The normalized spacial score (nSPS) is 17.1. The average molecular weight is 234 g/mol. The zero-order valence-corrected chi connectivity index (χ0v) is 10.3. The fourth-order valence-electron chi connectivity index (χ4n) is 2.66. The van der Waals surface area contributed by atoms with E-state index in [1.165, 1.54) is 31.4 Å². The van der Waals surface area contributed by atoms with Crippen LogP contribution in [0.3, 0.4) is 0 Å².